The van der Waals surface area contributed by atoms with Crippen molar-refractivity contribution in [1.82, 2.24) is 10.3 Å². The molecule has 0 radical (unpaired) electrons. The van der Waals surface area contributed by atoms with E-state index in [1.165, 1.54) is 0 Å². The molecule has 0 aliphatic heterocycles. The van der Waals surface area contributed by atoms with Crippen molar-refractivity contribution in [3.05, 3.63) is 115 Å². The summed E-state index contributed by atoms with van der Waals surface area (Å²) in [7, 11) is 0. The van der Waals surface area contributed by atoms with Gasteiger partial charge in [0.05, 0.1) is 0 Å². The number of carbonyl (C=O) groups excluding carboxylic acids is 1. The van der Waals surface area contributed by atoms with Gasteiger partial charge in [-0.2, -0.15) is 0 Å². The van der Waals surface area contributed by atoms with Crippen LogP contribution in [0.2, 0.25) is 0 Å². The molecule has 2 N–H and O–H groups in total. The van der Waals surface area contributed by atoms with Crippen LogP contribution in [0.4, 0.5) is 10.5 Å². The third-order valence-corrected chi connectivity index (χ3v) is 4.78. The second kappa shape index (κ2) is 10.1. The highest BCUT2D eigenvalue weighted by Crippen LogP contribution is 2.30. The summed E-state index contributed by atoms with van der Waals surface area (Å²) in [4.78, 5) is 15.9. The lowest BCUT2D eigenvalue weighted by Crippen LogP contribution is -2.28. The van der Waals surface area contributed by atoms with E-state index >= 15 is 0 Å². The number of nitrogens with zero attached hydrogens (tertiary/aromatic N) is 1. The van der Waals surface area contributed by atoms with Crippen LogP contribution >= 0.6 is 0 Å². The van der Waals surface area contributed by atoms with Gasteiger partial charge in [-0.05, 0) is 34.9 Å². The molecule has 0 atom stereocenters. The fraction of sp³-hybridized carbons (Fsp3) is 0.0769. The molecule has 0 bridgehead atoms. The molecular weight excluding hydrogens is 386 g/mol. The maximum absolute atomic E-state index is 12.0. The molecule has 154 valence electrons. The fourth-order valence-electron chi connectivity index (χ4n) is 3.16. The third-order valence-electron chi connectivity index (χ3n) is 4.78. The van der Waals surface area contributed by atoms with Crippen LogP contribution in [-0.2, 0) is 13.2 Å². The molecule has 0 unspecified atom stereocenters. The molecule has 1 heterocycles. The molecule has 31 heavy (non-hydrogen) atoms. The summed E-state index contributed by atoms with van der Waals surface area (Å²) in [5.74, 6) is 0.854. The van der Waals surface area contributed by atoms with Gasteiger partial charge >= 0.3 is 6.03 Å². The lowest BCUT2D eigenvalue weighted by Gasteiger charge is -2.12. The van der Waals surface area contributed by atoms with E-state index in [0.717, 1.165) is 28.0 Å². The van der Waals surface area contributed by atoms with Crippen LogP contribution in [0.1, 0.15) is 11.1 Å². The molecule has 0 aliphatic carbocycles. The Morgan fingerprint density at radius 3 is 2.23 bits per heavy atom. The Morgan fingerprint density at radius 2 is 1.45 bits per heavy atom. The Bertz CT molecular complexity index is 1110. The van der Waals surface area contributed by atoms with Gasteiger partial charge in [0, 0.05) is 30.2 Å². The number of nitrogens with one attached hydrogen (secondary N) is 2. The Morgan fingerprint density at radius 1 is 0.774 bits per heavy atom. The molecule has 5 heteroatoms. The number of aromatic nitrogens is 1. The maximum Gasteiger partial charge on any atom is 0.319 e. The minimum Gasteiger partial charge on any atom is -0.488 e. The van der Waals surface area contributed by atoms with E-state index in [1.807, 2.05) is 60.7 Å². The second-order valence-electron chi connectivity index (χ2n) is 7.01. The second-order valence-corrected chi connectivity index (χ2v) is 7.01. The minimum absolute atomic E-state index is 0.254. The van der Waals surface area contributed by atoms with E-state index in [0.29, 0.717) is 18.8 Å². The summed E-state index contributed by atoms with van der Waals surface area (Å²) in [6.45, 7) is 0.912. The molecule has 0 aliphatic rings. The lowest BCUT2D eigenvalue weighted by atomic mass is 10.0. The highest BCUT2D eigenvalue weighted by Gasteiger charge is 2.06. The number of hydrogen-bond donors (Lipinski definition) is 2. The van der Waals surface area contributed by atoms with Gasteiger partial charge in [0.1, 0.15) is 12.4 Å². The zero-order valence-corrected chi connectivity index (χ0v) is 17.0. The third kappa shape index (κ3) is 5.70. The predicted octanol–water partition coefficient (Wildman–Crippen LogP) is 5.65. The minimum atomic E-state index is -0.254. The van der Waals surface area contributed by atoms with Crippen LogP contribution in [0.5, 0.6) is 5.75 Å². The van der Waals surface area contributed by atoms with Crippen LogP contribution in [0, 0.1) is 0 Å². The number of hydrogen-bond acceptors (Lipinski definition) is 3. The number of benzene rings is 3. The number of amides is 2. The largest absolute Gasteiger partial charge is 0.488 e. The van der Waals surface area contributed by atoms with Gasteiger partial charge in [-0.1, -0.05) is 72.8 Å². The van der Waals surface area contributed by atoms with Crippen molar-refractivity contribution in [2.75, 3.05) is 5.32 Å². The molecule has 0 saturated heterocycles. The average molecular weight is 409 g/mol. The van der Waals surface area contributed by atoms with Crippen LogP contribution in [-0.4, -0.2) is 11.0 Å². The topological polar surface area (TPSA) is 63.2 Å². The van der Waals surface area contributed by atoms with E-state index in [2.05, 4.69) is 33.8 Å². The van der Waals surface area contributed by atoms with Crippen LogP contribution in [0.3, 0.4) is 0 Å². The zero-order chi connectivity index (χ0) is 21.3. The summed E-state index contributed by atoms with van der Waals surface area (Å²) in [6.07, 6.45) is 3.27. The smallest absolute Gasteiger partial charge is 0.319 e. The molecule has 0 saturated carbocycles. The fourth-order valence-corrected chi connectivity index (χ4v) is 3.16. The normalized spacial score (nSPS) is 10.3. The summed E-state index contributed by atoms with van der Waals surface area (Å²) < 4.78 is 6.10. The highest BCUT2D eigenvalue weighted by atomic mass is 16.5. The van der Waals surface area contributed by atoms with Crippen molar-refractivity contribution in [2.24, 2.45) is 0 Å². The van der Waals surface area contributed by atoms with E-state index in [4.69, 9.17) is 4.74 Å². The van der Waals surface area contributed by atoms with Crippen molar-refractivity contribution in [3.63, 3.8) is 0 Å². The number of carbonyl (C=O) groups is 1. The molecule has 4 aromatic rings. The first-order valence-corrected chi connectivity index (χ1v) is 10.1. The van der Waals surface area contributed by atoms with E-state index < -0.39 is 0 Å². The number of rotatable bonds is 7. The first-order valence-electron chi connectivity index (χ1n) is 10.1. The quantitative estimate of drug-likeness (QED) is 0.415. The number of urea groups is 1. The standard InChI is InChI=1S/C26H23N3O2/c30-26(29-23-14-16-27-17-15-23)28-18-20-10-12-21(13-11-20)19-31-25-9-5-4-8-24(25)22-6-2-1-3-7-22/h1-17H,18-19H2,(H2,27,28,29,30). The number of ether oxygens (including phenoxy) is 1. The van der Waals surface area contributed by atoms with Gasteiger partial charge in [-0.3, -0.25) is 4.98 Å². The Hall–Kier alpha value is -4.12. The number of pyridine rings is 1. The molecular formula is C26H23N3O2. The molecule has 3 aromatic carbocycles. The van der Waals surface area contributed by atoms with Crippen molar-refractivity contribution in [2.45, 2.75) is 13.2 Å². The molecule has 1 aromatic heterocycles. The summed E-state index contributed by atoms with van der Waals surface area (Å²) in [6, 6.07) is 29.5. The van der Waals surface area contributed by atoms with Crippen molar-refractivity contribution >= 4 is 11.7 Å². The van der Waals surface area contributed by atoms with Crippen LogP contribution < -0.4 is 15.4 Å². The Balaban J connectivity index is 1.31. The lowest BCUT2D eigenvalue weighted by molar-refractivity contribution is 0.251. The van der Waals surface area contributed by atoms with Crippen molar-refractivity contribution in [3.8, 4) is 16.9 Å². The first-order chi connectivity index (χ1) is 15.3. The molecule has 0 fully saturated rings. The van der Waals surface area contributed by atoms with Gasteiger partial charge in [0.25, 0.3) is 0 Å². The maximum atomic E-state index is 12.0. The first kappa shape index (κ1) is 20.2. The number of para-hydroxylation sites is 1. The van der Waals surface area contributed by atoms with E-state index in [9.17, 15) is 4.79 Å². The van der Waals surface area contributed by atoms with E-state index in [1.54, 1.807) is 24.5 Å². The highest BCUT2D eigenvalue weighted by molar-refractivity contribution is 5.89. The zero-order valence-electron chi connectivity index (χ0n) is 17.0. The molecule has 0 spiro atoms. The van der Waals surface area contributed by atoms with Crippen LogP contribution in [0.25, 0.3) is 11.1 Å². The van der Waals surface area contributed by atoms with Crippen molar-refractivity contribution in [1.29, 1.82) is 0 Å². The average Bonchev–Trinajstić information content (AvgIpc) is 2.83. The van der Waals surface area contributed by atoms with Crippen molar-refractivity contribution < 1.29 is 9.53 Å². The van der Waals surface area contributed by atoms with Crippen LogP contribution in [0.15, 0.2) is 103 Å². The SMILES string of the molecule is O=C(NCc1ccc(COc2ccccc2-c2ccccc2)cc1)Nc1ccncc1. The summed E-state index contributed by atoms with van der Waals surface area (Å²) in [5, 5.41) is 5.62. The Kier molecular flexibility index (Phi) is 6.55. The predicted molar refractivity (Wildman–Crippen MR) is 123 cm³/mol. The van der Waals surface area contributed by atoms with Gasteiger partial charge in [0.15, 0.2) is 0 Å². The monoisotopic (exact) mass is 409 g/mol. The van der Waals surface area contributed by atoms with Gasteiger partial charge in [-0.15, -0.1) is 0 Å². The Labute approximate surface area is 181 Å². The summed E-state index contributed by atoms with van der Waals surface area (Å²) in [5.41, 5.74) is 4.98. The van der Waals surface area contributed by atoms with Gasteiger partial charge in [0.2, 0.25) is 0 Å². The van der Waals surface area contributed by atoms with E-state index in [-0.39, 0.29) is 6.03 Å². The molecule has 5 nitrogen and oxygen atoms in total. The summed E-state index contributed by atoms with van der Waals surface area (Å²) >= 11 is 0. The molecule has 4 rings (SSSR count). The number of anilines is 1. The molecule has 2 amide bonds. The van der Waals surface area contributed by atoms with Gasteiger partial charge < -0.3 is 15.4 Å². The van der Waals surface area contributed by atoms with Gasteiger partial charge in [-0.25, -0.2) is 4.79 Å².